The van der Waals surface area contributed by atoms with Gasteiger partial charge in [-0.1, -0.05) is 0 Å². The van der Waals surface area contributed by atoms with Crippen molar-refractivity contribution in [2.75, 3.05) is 36.5 Å². The van der Waals surface area contributed by atoms with Gasteiger partial charge < -0.3 is 18.1 Å². The van der Waals surface area contributed by atoms with E-state index in [2.05, 4.69) is 0 Å². The van der Waals surface area contributed by atoms with Crippen molar-refractivity contribution in [1.29, 1.82) is 0 Å². The van der Waals surface area contributed by atoms with E-state index in [0.717, 1.165) is 32.6 Å². The molecule has 2 aliphatic heterocycles. The zero-order valence-electron chi connectivity index (χ0n) is 10.1. The first-order valence-corrected chi connectivity index (χ1v) is 12.0. The van der Waals surface area contributed by atoms with Crippen LogP contribution in [0.3, 0.4) is 0 Å². The Bertz CT molecular complexity index is 325. The lowest BCUT2D eigenvalue weighted by Gasteiger charge is -2.42. The van der Waals surface area contributed by atoms with Crippen molar-refractivity contribution in [3.8, 4) is 0 Å². The first-order valence-electron chi connectivity index (χ1n) is 5.71. The van der Waals surface area contributed by atoms with Gasteiger partial charge in [-0.15, -0.1) is 0 Å². The fourth-order valence-electron chi connectivity index (χ4n) is 1.63. The van der Waals surface area contributed by atoms with Gasteiger partial charge in [0.15, 0.2) is 0 Å². The van der Waals surface area contributed by atoms with E-state index in [1.165, 1.54) is 0 Å². The van der Waals surface area contributed by atoms with Crippen LogP contribution in [0.4, 0.5) is 0 Å². The SMILES string of the molecule is O=P1([CH2][AlH2])OCC2(CO1)COP(=O)([CH2][AlH2])OC2. The molecule has 0 saturated carbocycles. The molecule has 2 aliphatic rings. The van der Waals surface area contributed by atoms with Crippen LogP contribution in [0.25, 0.3) is 0 Å². The maximum absolute atomic E-state index is 11.9. The van der Waals surface area contributed by atoms with E-state index in [1.807, 2.05) is 0 Å². The van der Waals surface area contributed by atoms with Crippen LogP contribution in [-0.4, -0.2) is 69.1 Å². The Morgan fingerprint density at radius 2 is 1.12 bits per heavy atom. The maximum atomic E-state index is 11.9. The van der Waals surface area contributed by atoms with E-state index in [-0.39, 0.29) is 0 Å². The molecule has 0 atom stereocenters. The maximum Gasteiger partial charge on any atom is 0.317 e. The normalized spacial score (nSPS) is 47.1. The van der Waals surface area contributed by atoms with Gasteiger partial charge in [0, 0.05) is 0 Å². The summed E-state index contributed by atoms with van der Waals surface area (Å²) in [6.07, 6.45) is 0. The molecular weight excluding hydrogens is 296 g/mol. The Labute approximate surface area is 117 Å². The zero-order valence-corrected chi connectivity index (χ0v) is 15.9. The fraction of sp³-hybridized carbons (Fsp3) is 1.00. The summed E-state index contributed by atoms with van der Waals surface area (Å²) in [5.41, 5.74) is -0.435. The molecule has 0 unspecified atom stereocenters. The van der Waals surface area contributed by atoms with Crippen LogP contribution in [0, 0.1) is 5.41 Å². The second-order valence-corrected chi connectivity index (χ2v) is 13.0. The van der Waals surface area contributed by atoms with E-state index in [1.54, 1.807) is 0 Å². The number of hydrogen-bond acceptors (Lipinski definition) is 6. The second-order valence-electron chi connectivity index (χ2n) is 4.45. The van der Waals surface area contributed by atoms with E-state index >= 15 is 0 Å². The molecular formula is C7H16Al2O6P2. The molecule has 0 aromatic rings. The van der Waals surface area contributed by atoms with Crippen molar-refractivity contribution >= 4 is 47.8 Å². The molecule has 96 valence electrons. The molecule has 10 heteroatoms. The van der Waals surface area contributed by atoms with E-state index in [0.29, 0.717) is 36.5 Å². The van der Waals surface area contributed by atoms with Crippen molar-refractivity contribution < 1.29 is 27.2 Å². The van der Waals surface area contributed by atoms with Gasteiger partial charge in [-0.3, -0.25) is 9.13 Å². The van der Waals surface area contributed by atoms with Crippen LogP contribution in [-0.2, 0) is 27.2 Å². The molecule has 17 heavy (non-hydrogen) atoms. The molecule has 0 N–H and O–H groups in total. The minimum absolute atomic E-state index is 0.299. The summed E-state index contributed by atoms with van der Waals surface area (Å²) in [4.78, 5) is 0. The van der Waals surface area contributed by atoms with Gasteiger partial charge in [-0.2, -0.15) is 0 Å². The summed E-state index contributed by atoms with van der Waals surface area (Å²) in [5.74, 6) is 0. The predicted molar refractivity (Wildman–Crippen MR) is 68.3 cm³/mol. The van der Waals surface area contributed by atoms with E-state index in [4.69, 9.17) is 18.1 Å². The third-order valence-electron chi connectivity index (χ3n) is 3.04. The van der Waals surface area contributed by atoms with Gasteiger partial charge >= 0.3 is 15.2 Å². The molecule has 0 bridgehead atoms. The molecule has 0 amide bonds. The zero-order chi connectivity index (χ0) is 12.6. The lowest BCUT2D eigenvalue weighted by Crippen LogP contribution is -2.46. The Balaban J connectivity index is 1.97. The van der Waals surface area contributed by atoms with Crippen molar-refractivity contribution in [3.63, 3.8) is 0 Å². The number of hydrogen-bond donors (Lipinski definition) is 0. The summed E-state index contributed by atoms with van der Waals surface area (Å²) in [6, 6.07) is 0. The third kappa shape index (κ3) is 3.28. The Morgan fingerprint density at radius 3 is 1.35 bits per heavy atom. The highest BCUT2D eigenvalue weighted by atomic mass is 31.2. The standard InChI is InChI=1S/C7H12O6P2.2Al.4H/c1-14(8)10-3-7(4-11-14)5-12-15(2,9)13-6-7;;;;;;/h1-6H2;;;;;;. The minimum atomic E-state index is -2.84. The second kappa shape index (κ2) is 5.39. The molecule has 0 aliphatic carbocycles. The molecule has 0 aromatic carbocycles. The van der Waals surface area contributed by atoms with Gasteiger partial charge in [0.2, 0.25) is 32.6 Å². The fourth-order valence-corrected chi connectivity index (χ4v) is 6.58. The highest BCUT2D eigenvalue weighted by molar-refractivity contribution is 7.55. The average molecular weight is 312 g/mol. The Hall–Kier alpha value is 1.36. The van der Waals surface area contributed by atoms with Crippen molar-refractivity contribution in [1.82, 2.24) is 0 Å². The molecule has 1 spiro atoms. The topological polar surface area (TPSA) is 71.1 Å². The van der Waals surface area contributed by atoms with Crippen LogP contribution in [0.1, 0.15) is 0 Å². The van der Waals surface area contributed by atoms with E-state index in [9.17, 15) is 9.13 Å². The summed E-state index contributed by atoms with van der Waals surface area (Å²) >= 11 is 1.57. The molecule has 6 nitrogen and oxygen atoms in total. The summed E-state index contributed by atoms with van der Waals surface area (Å²) in [5, 5.41) is 1.01. The summed E-state index contributed by atoms with van der Waals surface area (Å²) < 4.78 is 45.1. The molecule has 0 radical (unpaired) electrons. The molecule has 0 aromatic heterocycles. The predicted octanol–water partition coefficient (Wildman–Crippen LogP) is -0.366. The largest absolute Gasteiger partial charge is 0.317 e. The highest BCUT2D eigenvalue weighted by Gasteiger charge is 2.47. The van der Waals surface area contributed by atoms with Gasteiger partial charge in [0.1, 0.15) is 0 Å². The summed E-state index contributed by atoms with van der Waals surface area (Å²) in [6.45, 7) is 1.20. The van der Waals surface area contributed by atoms with Crippen molar-refractivity contribution in [3.05, 3.63) is 0 Å². The summed E-state index contributed by atoms with van der Waals surface area (Å²) in [7, 11) is -5.68. The van der Waals surface area contributed by atoms with Crippen LogP contribution in [0.2, 0.25) is 0 Å². The van der Waals surface area contributed by atoms with Crippen molar-refractivity contribution in [2.45, 2.75) is 0 Å². The van der Waals surface area contributed by atoms with Crippen LogP contribution in [0.5, 0.6) is 0 Å². The van der Waals surface area contributed by atoms with Crippen LogP contribution in [0.15, 0.2) is 0 Å². The number of rotatable bonds is 2. The lowest BCUT2D eigenvalue weighted by molar-refractivity contribution is -0.0672. The molecule has 2 heterocycles. The van der Waals surface area contributed by atoms with E-state index < -0.39 is 20.6 Å². The van der Waals surface area contributed by atoms with Crippen LogP contribution >= 0.6 is 15.2 Å². The first kappa shape index (κ1) is 14.8. The quantitative estimate of drug-likeness (QED) is 0.512. The monoisotopic (exact) mass is 312 g/mol. The molecule has 2 fully saturated rings. The minimum Gasteiger partial charge on any atom is -0.309 e. The highest BCUT2D eigenvalue weighted by Crippen LogP contribution is 2.58. The van der Waals surface area contributed by atoms with Crippen molar-refractivity contribution in [2.24, 2.45) is 5.41 Å². The smallest absolute Gasteiger partial charge is 0.309 e. The van der Waals surface area contributed by atoms with Gasteiger partial charge in [0.05, 0.1) is 31.8 Å². The average Bonchev–Trinajstić information content (AvgIpc) is 2.37. The first-order chi connectivity index (χ1) is 7.95. The molecule has 2 saturated heterocycles. The third-order valence-corrected chi connectivity index (χ3v) is 11.3. The van der Waals surface area contributed by atoms with Gasteiger partial charge in [-0.05, 0) is 10.0 Å². The van der Waals surface area contributed by atoms with Crippen LogP contribution < -0.4 is 0 Å². The Kier molecular flexibility index (Phi) is 4.68. The Morgan fingerprint density at radius 1 is 0.824 bits per heavy atom. The van der Waals surface area contributed by atoms with Gasteiger partial charge in [0.25, 0.3) is 0 Å². The molecule has 2 rings (SSSR count). The van der Waals surface area contributed by atoms with Gasteiger partial charge in [-0.25, -0.2) is 0 Å². The lowest BCUT2D eigenvalue weighted by atomic mass is 9.93.